The van der Waals surface area contributed by atoms with Gasteiger partial charge in [0.1, 0.15) is 0 Å². The monoisotopic (exact) mass is 635 g/mol. The summed E-state index contributed by atoms with van der Waals surface area (Å²) in [6.45, 7) is 5.12. The molecule has 6 atom stereocenters. The van der Waals surface area contributed by atoms with Gasteiger partial charge in [0.05, 0.1) is 6.04 Å². The molecule has 1 saturated carbocycles. The summed E-state index contributed by atoms with van der Waals surface area (Å²) in [4.78, 5) is 2.89. The first kappa shape index (κ1) is 30.9. The highest BCUT2D eigenvalue weighted by atomic mass is 28.3. The van der Waals surface area contributed by atoms with E-state index in [1.165, 1.54) is 57.1 Å². The molecular weight excluding hydrogens is 583 g/mol. The summed E-state index contributed by atoms with van der Waals surface area (Å²) >= 11 is 0. The Bertz CT molecular complexity index is 1640. The standard InChI is InChI=1S/C45H53NSi/c1-47(2)44-32-38(30-31-39(44)33-16-6-3-7-17-33)46(36-20-10-5-11-21-36)37-28-26-35(27-29-37)45(34-18-8-4-9-19-34)42-24-14-12-22-40(42)41-23-13-15-25-43(41)45/h4-6,8-12,14-20,22,24-25,30-32,35-37,39,41,43-44,47H,3,7,13,21,23,26-29H2,1-2H3. The van der Waals surface area contributed by atoms with Gasteiger partial charge in [0.2, 0.25) is 0 Å². The van der Waals surface area contributed by atoms with Gasteiger partial charge in [-0.25, -0.2) is 0 Å². The second kappa shape index (κ2) is 13.3. The number of hydrogen-bond donors (Lipinski definition) is 0. The lowest BCUT2D eigenvalue weighted by atomic mass is 9.56. The number of nitrogens with zero attached hydrogens (tertiary/aromatic N) is 1. The maximum absolute atomic E-state index is 2.89. The zero-order valence-electron chi connectivity index (χ0n) is 28.6. The lowest BCUT2D eigenvalue weighted by Crippen LogP contribution is -2.48. The number of allylic oxidation sites excluding steroid dienone is 11. The van der Waals surface area contributed by atoms with Crippen LogP contribution in [0.1, 0.15) is 80.4 Å². The quantitative estimate of drug-likeness (QED) is 0.216. The lowest BCUT2D eigenvalue weighted by Gasteiger charge is -2.50. The third-order valence-electron chi connectivity index (χ3n) is 12.8. The van der Waals surface area contributed by atoms with Crippen molar-refractivity contribution < 1.29 is 0 Å². The van der Waals surface area contributed by atoms with Crippen molar-refractivity contribution in [2.24, 2.45) is 17.8 Å². The molecule has 0 heterocycles. The summed E-state index contributed by atoms with van der Waals surface area (Å²) in [5, 5.41) is 0. The molecule has 6 aliphatic carbocycles. The second-order valence-electron chi connectivity index (χ2n) is 15.5. The molecular formula is C45H53NSi. The van der Waals surface area contributed by atoms with Gasteiger partial charge in [-0.1, -0.05) is 135 Å². The van der Waals surface area contributed by atoms with E-state index in [1.807, 2.05) is 0 Å². The van der Waals surface area contributed by atoms with Gasteiger partial charge in [-0.05, 0) is 109 Å². The van der Waals surface area contributed by atoms with Crippen molar-refractivity contribution in [3.8, 4) is 0 Å². The molecule has 1 fully saturated rings. The molecule has 0 radical (unpaired) electrons. The van der Waals surface area contributed by atoms with E-state index in [0.717, 1.165) is 6.42 Å². The van der Waals surface area contributed by atoms with E-state index in [1.54, 1.807) is 22.3 Å². The predicted octanol–water partition coefficient (Wildman–Crippen LogP) is 11.0. The molecule has 0 spiro atoms. The third kappa shape index (κ3) is 5.45. The molecule has 0 amide bonds. The van der Waals surface area contributed by atoms with Crippen molar-refractivity contribution in [2.75, 3.05) is 0 Å². The van der Waals surface area contributed by atoms with Crippen LogP contribution in [-0.2, 0) is 5.41 Å². The maximum atomic E-state index is 2.89. The fourth-order valence-electron chi connectivity index (χ4n) is 10.8. The van der Waals surface area contributed by atoms with E-state index in [-0.39, 0.29) is 5.41 Å². The summed E-state index contributed by atoms with van der Waals surface area (Å²) in [7, 11) is -0.929. The Morgan fingerprint density at radius 1 is 0.745 bits per heavy atom. The zero-order chi connectivity index (χ0) is 31.8. The van der Waals surface area contributed by atoms with Crippen LogP contribution in [0.5, 0.6) is 0 Å². The highest BCUT2D eigenvalue weighted by Crippen LogP contribution is 2.63. The molecule has 2 aromatic rings. The third-order valence-corrected chi connectivity index (χ3v) is 14.9. The van der Waals surface area contributed by atoms with E-state index >= 15 is 0 Å². The fraction of sp³-hybridized carbons (Fsp3) is 0.422. The summed E-state index contributed by atoms with van der Waals surface area (Å²) in [6.07, 6.45) is 40.8. The van der Waals surface area contributed by atoms with E-state index in [9.17, 15) is 0 Å². The first-order valence-electron chi connectivity index (χ1n) is 18.9. The molecule has 242 valence electrons. The minimum absolute atomic E-state index is 0.0650. The van der Waals surface area contributed by atoms with Crippen molar-refractivity contribution in [1.82, 2.24) is 4.90 Å². The average molecular weight is 636 g/mol. The van der Waals surface area contributed by atoms with Crippen LogP contribution in [0.3, 0.4) is 0 Å². The van der Waals surface area contributed by atoms with Gasteiger partial charge in [-0.2, -0.15) is 0 Å². The zero-order valence-corrected chi connectivity index (χ0v) is 29.7. The molecule has 0 N–H and O–H groups in total. The van der Waals surface area contributed by atoms with E-state index in [2.05, 4.69) is 146 Å². The minimum Gasteiger partial charge on any atom is -0.362 e. The van der Waals surface area contributed by atoms with Gasteiger partial charge in [-0.15, -0.1) is 0 Å². The molecule has 0 bridgehead atoms. The molecule has 2 aromatic carbocycles. The largest absolute Gasteiger partial charge is 0.362 e. The summed E-state index contributed by atoms with van der Waals surface area (Å²) in [5.74, 6) is 2.39. The van der Waals surface area contributed by atoms with Gasteiger partial charge in [0, 0.05) is 31.9 Å². The average Bonchev–Trinajstić information content (AvgIpc) is 3.44. The number of rotatable bonds is 7. The molecule has 47 heavy (non-hydrogen) atoms. The minimum atomic E-state index is -0.929. The molecule has 0 saturated heterocycles. The summed E-state index contributed by atoms with van der Waals surface area (Å²) in [6, 6.07) is 22.3. The van der Waals surface area contributed by atoms with Crippen molar-refractivity contribution in [3.63, 3.8) is 0 Å². The van der Waals surface area contributed by atoms with Crippen LogP contribution < -0.4 is 0 Å². The van der Waals surface area contributed by atoms with Gasteiger partial charge < -0.3 is 4.90 Å². The molecule has 6 unspecified atom stereocenters. The number of benzene rings is 2. The van der Waals surface area contributed by atoms with Crippen molar-refractivity contribution in [2.45, 2.75) is 99.8 Å². The van der Waals surface area contributed by atoms with Crippen LogP contribution in [0.15, 0.2) is 139 Å². The van der Waals surface area contributed by atoms with Crippen LogP contribution in [0.4, 0.5) is 0 Å². The smallest absolute Gasteiger partial charge is 0.0513 e. The molecule has 6 aliphatic rings. The Morgan fingerprint density at radius 3 is 2.34 bits per heavy atom. The van der Waals surface area contributed by atoms with Crippen LogP contribution in [-0.4, -0.2) is 25.8 Å². The SMILES string of the molecule is C[SiH](C)C1C=C(N(C2C=CC=CC2)C2CCC(C3(c4ccccc4)c4ccccc4C4CCC=CC43)CC2)C=CC1C1=CCCC=C1. The Balaban J connectivity index is 1.13. The van der Waals surface area contributed by atoms with Gasteiger partial charge >= 0.3 is 0 Å². The highest BCUT2D eigenvalue weighted by Gasteiger charge is 2.56. The van der Waals surface area contributed by atoms with Crippen molar-refractivity contribution in [1.29, 1.82) is 0 Å². The Kier molecular flexibility index (Phi) is 8.73. The van der Waals surface area contributed by atoms with Crippen LogP contribution in [0.25, 0.3) is 0 Å². The van der Waals surface area contributed by atoms with Crippen LogP contribution >= 0.6 is 0 Å². The first-order chi connectivity index (χ1) is 23.2. The highest BCUT2D eigenvalue weighted by molar-refractivity contribution is 6.58. The molecule has 0 aliphatic heterocycles. The number of fused-ring (bicyclic) bond motifs is 3. The van der Waals surface area contributed by atoms with Gasteiger partial charge in [-0.3, -0.25) is 0 Å². The molecule has 0 aromatic heterocycles. The molecule has 1 nitrogen and oxygen atoms in total. The van der Waals surface area contributed by atoms with E-state index in [0.29, 0.717) is 41.3 Å². The molecule has 2 heteroatoms. The van der Waals surface area contributed by atoms with E-state index in [4.69, 9.17) is 0 Å². The van der Waals surface area contributed by atoms with Crippen molar-refractivity contribution >= 4 is 8.80 Å². The Morgan fingerprint density at radius 2 is 1.57 bits per heavy atom. The molecule has 8 rings (SSSR count). The lowest BCUT2D eigenvalue weighted by molar-refractivity contribution is 0.111. The fourth-order valence-corrected chi connectivity index (χ4v) is 12.5. The first-order valence-corrected chi connectivity index (χ1v) is 21.8. The number of hydrogen-bond acceptors (Lipinski definition) is 1. The van der Waals surface area contributed by atoms with Gasteiger partial charge in [0.15, 0.2) is 0 Å². The van der Waals surface area contributed by atoms with E-state index < -0.39 is 8.80 Å². The maximum Gasteiger partial charge on any atom is 0.0513 e. The summed E-state index contributed by atoms with van der Waals surface area (Å²) < 4.78 is 0. The predicted molar refractivity (Wildman–Crippen MR) is 202 cm³/mol. The van der Waals surface area contributed by atoms with Crippen LogP contribution in [0, 0.1) is 17.8 Å². The topological polar surface area (TPSA) is 3.24 Å². The summed E-state index contributed by atoms with van der Waals surface area (Å²) in [5.41, 5.74) is 8.60. The van der Waals surface area contributed by atoms with Crippen molar-refractivity contribution in [3.05, 3.63) is 155 Å². The van der Waals surface area contributed by atoms with Crippen LogP contribution in [0.2, 0.25) is 18.6 Å². The van der Waals surface area contributed by atoms with Gasteiger partial charge in [0.25, 0.3) is 0 Å². The normalized spacial score (nSPS) is 34.1. The Labute approximate surface area is 285 Å². The Hall–Kier alpha value is -3.36. The second-order valence-corrected chi connectivity index (χ2v) is 18.7.